The molecule has 0 aliphatic heterocycles. The zero-order chi connectivity index (χ0) is 25.1. The van der Waals surface area contributed by atoms with Gasteiger partial charge in [0.1, 0.15) is 0 Å². The Morgan fingerprint density at radius 2 is 1.89 bits per heavy atom. The highest BCUT2D eigenvalue weighted by Gasteiger charge is 2.34. The molecule has 0 spiro atoms. The van der Waals surface area contributed by atoms with Crippen LogP contribution in [0.15, 0.2) is 22.6 Å². The van der Waals surface area contributed by atoms with E-state index < -0.39 is 24.7 Å². The van der Waals surface area contributed by atoms with Gasteiger partial charge in [-0.05, 0) is 56.7 Å². The number of methoxy groups -OCH3 is 1. The summed E-state index contributed by atoms with van der Waals surface area (Å²) in [6, 6.07) is 3.47. The van der Waals surface area contributed by atoms with Crippen molar-refractivity contribution in [3.8, 4) is 23.0 Å². The molecule has 0 bridgehead atoms. The molecule has 36 heavy (non-hydrogen) atoms. The number of rotatable bonds is 10. The third kappa shape index (κ3) is 6.76. The molecule has 4 rings (SSSR count). The van der Waals surface area contributed by atoms with Crippen LogP contribution >= 0.6 is 12.4 Å². The van der Waals surface area contributed by atoms with Crippen molar-refractivity contribution in [1.82, 2.24) is 15.6 Å². The fourth-order valence-corrected chi connectivity index (χ4v) is 3.70. The molecule has 1 aromatic carbocycles. The molecule has 2 aliphatic carbocycles. The van der Waals surface area contributed by atoms with Crippen LogP contribution in [0.25, 0.3) is 11.5 Å². The summed E-state index contributed by atoms with van der Waals surface area (Å²) in [5, 5.41) is 5.53. The van der Waals surface area contributed by atoms with E-state index in [-0.39, 0.29) is 53.3 Å². The SMILES string of the molecule is COC(=O)NC1CC(NC(=O)c2nc(-c3ccc(OC(F)F)c(OCC4CC4)c3)oc2C(C)N)C1.Cl. The summed E-state index contributed by atoms with van der Waals surface area (Å²) >= 11 is 0. The van der Waals surface area contributed by atoms with Crippen molar-refractivity contribution in [3.05, 3.63) is 29.7 Å². The third-order valence-corrected chi connectivity index (χ3v) is 5.84. The molecule has 2 aromatic rings. The van der Waals surface area contributed by atoms with E-state index in [1.165, 1.54) is 25.3 Å². The van der Waals surface area contributed by atoms with Gasteiger partial charge in [0.05, 0.1) is 19.8 Å². The molecule has 10 nitrogen and oxygen atoms in total. The van der Waals surface area contributed by atoms with Crippen molar-refractivity contribution < 1.29 is 37.0 Å². The minimum atomic E-state index is -3.00. The zero-order valence-corrected chi connectivity index (χ0v) is 20.6. The molecule has 13 heteroatoms. The van der Waals surface area contributed by atoms with E-state index in [9.17, 15) is 18.4 Å². The van der Waals surface area contributed by atoms with Crippen LogP contribution in [0.4, 0.5) is 13.6 Å². The van der Waals surface area contributed by atoms with Gasteiger partial charge < -0.3 is 35.0 Å². The van der Waals surface area contributed by atoms with Crippen molar-refractivity contribution >= 4 is 24.4 Å². The fourth-order valence-electron chi connectivity index (χ4n) is 3.70. The van der Waals surface area contributed by atoms with Crippen LogP contribution in [0.3, 0.4) is 0 Å². The molecule has 4 N–H and O–H groups in total. The van der Waals surface area contributed by atoms with Crippen LogP contribution in [-0.4, -0.2) is 49.4 Å². The number of nitrogens with zero attached hydrogens (tertiary/aromatic N) is 1. The molecule has 1 aromatic heterocycles. The predicted octanol–water partition coefficient (Wildman–Crippen LogP) is 3.79. The maximum absolute atomic E-state index is 12.9. The summed E-state index contributed by atoms with van der Waals surface area (Å²) in [4.78, 5) is 28.5. The Hall–Kier alpha value is -3.12. The molecule has 1 heterocycles. The summed E-state index contributed by atoms with van der Waals surface area (Å²) in [5.74, 6) is 0.266. The molecule has 2 amide bonds. The molecule has 0 saturated heterocycles. The smallest absolute Gasteiger partial charge is 0.407 e. The van der Waals surface area contributed by atoms with Crippen molar-refractivity contribution in [1.29, 1.82) is 0 Å². The number of hydrogen-bond acceptors (Lipinski definition) is 8. The van der Waals surface area contributed by atoms with Crippen molar-refractivity contribution in [2.75, 3.05) is 13.7 Å². The highest BCUT2D eigenvalue weighted by molar-refractivity contribution is 5.94. The Labute approximate surface area is 212 Å². The average molecular weight is 531 g/mol. The first-order chi connectivity index (χ1) is 16.7. The predicted molar refractivity (Wildman–Crippen MR) is 126 cm³/mol. The van der Waals surface area contributed by atoms with Crippen LogP contribution in [0.2, 0.25) is 0 Å². The largest absolute Gasteiger partial charge is 0.489 e. The monoisotopic (exact) mass is 530 g/mol. The van der Waals surface area contributed by atoms with E-state index in [1.54, 1.807) is 6.92 Å². The van der Waals surface area contributed by atoms with Gasteiger partial charge in [0, 0.05) is 17.6 Å². The first-order valence-electron chi connectivity index (χ1n) is 11.4. The number of benzene rings is 1. The fraction of sp³-hybridized carbons (Fsp3) is 0.522. The molecule has 1 atom stereocenters. The molecule has 2 fully saturated rings. The average Bonchev–Trinajstić information content (AvgIpc) is 3.51. The lowest BCUT2D eigenvalue weighted by atomic mass is 9.86. The second kappa shape index (κ2) is 11.7. The number of nitrogens with one attached hydrogen (secondary N) is 2. The van der Waals surface area contributed by atoms with E-state index >= 15 is 0 Å². The van der Waals surface area contributed by atoms with Gasteiger partial charge in [-0.25, -0.2) is 9.78 Å². The standard InChI is InChI=1S/C23H28F2N4O6.ClH/c1-11(26)19-18(20(30)27-14-8-15(9-14)28-23(31)32-2)29-21(35-19)13-5-6-16(34-22(24)25)17(7-13)33-10-12-3-4-12;/h5-7,11-12,14-15,22H,3-4,8-10,26H2,1-2H3,(H,27,30)(H,28,31);1H. The zero-order valence-electron chi connectivity index (χ0n) is 19.8. The summed E-state index contributed by atoms with van der Waals surface area (Å²) in [5.41, 5.74) is 6.46. The second-order valence-electron chi connectivity index (χ2n) is 8.79. The van der Waals surface area contributed by atoms with E-state index in [2.05, 4.69) is 25.1 Å². The van der Waals surface area contributed by atoms with Gasteiger partial charge in [-0.1, -0.05) is 0 Å². The van der Waals surface area contributed by atoms with Gasteiger partial charge in [-0.3, -0.25) is 4.79 Å². The number of carbonyl (C=O) groups excluding carboxylic acids is 2. The lowest BCUT2D eigenvalue weighted by molar-refractivity contribution is -0.0515. The van der Waals surface area contributed by atoms with E-state index in [4.69, 9.17) is 14.9 Å². The number of ether oxygens (including phenoxy) is 3. The highest BCUT2D eigenvalue weighted by Crippen LogP contribution is 2.37. The molecular weight excluding hydrogens is 502 g/mol. The molecule has 1 unspecified atom stereocenters. The number of alkyl halides is 2. The van der Waals surface area contributed by atoms with Crippen LogP contribution in [0.5, 0.6) is 11.5 Å². The number of nitrogens with two attached hydrogens (primary N) is 1. The Morgan fingerprint density at radius 1 is 1.19 bits per heavy atom. The highest BCUT2D eigenvalue weighted by atomic mass is 35.5. The normalized spacial score (nSPS) is 19.5. The number of alkyl carbamates (subject to hydrolysis) is 1. The summed E-state index contributed by atoms with van der Waals surface area (Å²) in [6.07, 6.45) is 2.63. The second-order valence-corrected chi connectivity index (χ2v) is 8.79. The molecule has 0 radical (unpaired) electrons. The van der Waals surface area contributed by atoms with E-state index in [1.807, 2.05) is 0 Å². The summed E-state index contributed by atoms with van der Waals surface area (Å²) in [6.45, 7) is -0.954. The van der Waals surface area contributed by atoms with E-state index in [0.717, 1.165) is 12.8 Å². The summed E-state index contributed by atoms with van der Waals surface area (Å²) < 4.78 is 46.3. The Bertz CT molecular complexity index is 1070. The van der Waals surface area contributed by atoms with Gasteiger partial charge in [0.25, 0.3) is 5.91 Å². The Kier molecular flexibility index (Phi) is 8.96. The van der Waals surface area contributed by atoms with E-state index in [0.29, 0.717) is 30.9 Å². The number of amides is 2. The Morgan fingerprint density at radius 3 is 2.50 bits per heavy atom. The number of oxazole rings is 1. The van der Waals surface area contributed by atoms with Gasteiger partial charge in [-0.15, -0.1) is 12.4 Å². The first kappa shape index (κ1) is 27.5. The molecule has 2 aliphatic rings. The maximum atomic E-state index is 12.9. The third-order valence-electron chi connectivity index (χ3n) is 5.84. The van der Waals surface area contributed by atoms with Gasteiger partial charge >= 0.3 is 12.7 Å². The lowest BCUT2D eigenvalue weighted by Crippen LogP contribution is -2.53. The minimum absolute atomic E-state index is 0. The van der Waals surface area contributed by atoms with Crippen LogP contribution in [-0.2, 0) is 4.74 Å². The molecule has 198 valence electrons. The van der Waals surface area contributed by atoms with Crippen LogP contribution in [0, 0.1) is 5.92 Å². The van der Waals surface area contributed by atoms with Crippen molar-refractivity contribution in [2.45, 2.75) is 57.3 Å². The van der Waals surface area contributed by atoms with Crippen molar-refractivity contribution in [3.63, 3.8) is 0 Å². The number of carbonyl (C=O) groups is 2. The summed E-state index contributed by atoms with van der Waals surface area (Å²) in [7, 11) is 1.28. The first-order valence-corrected chi connectivity index (χ1v) is 11.4. The quantitative estimate of drug-likeness (QED) is 0.422. The van der Waals surface area contributed by atoms with Gasteiger partial charge in [0.15, 0.2) is 23.0 Å². The minimum Gasteiger partial charge on any atom is -0.489 e. The number of halogens is 3. The Balaban J connectivity index is 0.00000361. The van der Waals surface area contributed by atoms with Crippen LogP contribution < -0.4 is 25.8 Å². The molecular formula is C23H29ClF2N4O6. The number of aromatic nitrogens is 1. The van der Waals surface area contributed by atoms with Crippen LogP contribution in [0.1, 0.15) is 54.9 Å². The van der Waals surface area contributed by atoms with Gasteiger partial charge in [-0.2, -0.15) is 8.78 Å². The van der Waals surface area contributed by atoms with Gasteiger partial charge in [0.2, 0.25) is 5.89 Å². The topological polar surface area (TPSA) is 138 Å². The van der Waals surface area contributed by atoms with Crippen molar-refractivity contribution in [2.24, 2.45) is 11.7 Å². The number of hydrogen-bond donors (Lipinski definition) is 3. The lowest BCUT2D eigenvalue weighted by Gasteiger charge is -2.35. The maximum Gasteiger partial charge on any atom is 0.407 e. The molecule has 2 saturated carbocycles.